The quantitative estimate of drug-likeness (QED) is 0.708. The second-order valence-corrected chi connectivity index (χ2v) is 4.67. The van der Waals surface area contributed by atoms with Crippen molar-refractivity contribution in [1.82, 2.24) is 5.32 Å². The van der Waals surface area contributed by atoms with Crippen molar-refractivity contribution in [2.24, 2.45) is 17.4 Å². The lowest BCUT2D eigenvalue weighted by Crippen LogP contribution is -2.46. The lowest BCUT2D eigenvalue weighted by molar-refractivity contribution is -0.123. The summed E-state index contributed by atoms with van der Waals surface area (Å²) in [5, 5.41) is 2.81. The van der Waals surface area contributed by atoms with Gasteiger partial charge in [0.1, 0.15) is 0 Å². The SMILES string of the molecule is CCC(C)C(N)C(=O)NCC(N)c1ccccc1. The van der Waals surface area contributed by atoms with E-state index in [0.29, 0.717) is 6.54 Å². The van der Waals surface area contributed by atoms with Gasteiger partial charge in [-0.2, -0.15) is 0 Å². The van der Waals surface area contributed by atoms with Gasteiger partial charge in [-0.25, -0.2) is 0 Å². The number of carbonyl (C=O) groups excluding carboxylic acids is 1. The third-order valence-electron chi connectivity index (χ3n) is 3.28. The Morgan fingerprint density at radius 1 is 1.28 bits per heavy atom. The summed E-state index contributed by atoms with van der Waals surface area (Å²) < 4.78 is 0. The van der Waals surface area contributed by atoms with Gasteiger partial charge in [0.15, 0.2) is 0 Å². The monoisotopic (exact) mass is 249 g/mol. The van der Waals surface area contributed by atoms with Gasteiger partial charge in [0.2, 0.25) is 5.91 Å². The Kier molecular flexibility index (Phi) is 5.82. The second-order valence-electron chi connectivity index (χ2n) is 4.67. The third kappa shape index (κ3) is 4.13. The Hall–Kier alpha value is -1.39. The molecule has 0 aromatic heterocycles. The third-order valence-corrected chi connectivity index (χ3v) is 3.28. The Balaban J connectivity index is 2.43. The van der Waals surface area contributed by atoms with Crippen LogP contribution in [0.15, 0.2) is 30.3 Å². The first-order chi connectivity index (χ1) is 8.56. The van der Waals surface area contributed by atoms with E-state index in [1.165, 1.54) is 0 Å². The van der Waals surface area contributed by atoms with Gasteiger partial charge in [-0.3, -0.25) is 4.79 Å². The molecule has 1 aromatic rings. The molecule has 0 aliphatic heterocycles. The van der Waals surface area contributed by atoms with Crippen LogP contribution in [0.1, 0.15) is 31.9 Å². The molecule has 3 atom stereocenters. The van der Waals surface area contributed by atoms with Gasteiger partial charge in [0.25, 0.3) is 0 Å². The van der Waals surface area contributed by atoms with E-state index in [1.54, 1.807) is 0 Å². The molecule has 0 fully saturated rings. The molecule has 0 heterocycles. The normalized spacial score (nSPS) is 15.8. The first kappa shape index (κ1) is 14.7. The molecule has 0 spiro atoms. The molecule has 0 saturated carbocycles. The van der Waals surface area contributed by atoms with Crippen LogP contribution in [-0.4, -0.2) is 18.5 Å². The number of nitrogens with two attached hydrogens (primary N) is 2. The minimum absolute atomic E-state index is 0.129. The average molecular weight is 249 g/mol. The molecule has 0 aliphatic carbocycles. The fraction of sp³-hybridized carbons (Fsp3) is 0.500. The highest BCUT2D eigenvalue weighted by Gasteiger charge is 2.19. The molecular formula is C14H23N3O. The molecule has 5 N–H and O–H groups in total. The van der Waals surface area contributed by atoms with Gasteiger partial charge in [-0.15, -0.1) is 0 Å². The summed E-state index contributed by atoms with van der Waals surface area (Å²) in [4.78, 5) is 11.8. The predicted octanol–water partition coefficient (Wildman–Crippen LogP) is 1.18. The lowest BCUT2D eigenvalue weighted by atomic mass is 9.99. The summed E-state index contributed by atoms with van der Waals surface area (Å²) in [5.41, 5.74) is 12.8. The van der Waals surface area contributed by atoms with Crippen LogP contribution in [0.5, 0.6) is 0 Å². The van der Waals surface area contributed by atoms with Crippen LogP contribution < -0.4 is 16.8 Å². The zero-order valence-electron chi connectivity index (χ0n) is 11.1. The predicted molar refractivity (Wildman–Crippen MR) is 73.8 cm³/mol. The maximum absolute atomic E-state index is 11.8. The van der Waals surface area contributed by atoms with E-state index in [-0.39, 0.29) is 17.9 Å². The van der Waals surface area contributed by atoms with Crippen LogP contribution in [0.25, 0.3) is 0 Å². The number of nitrogens with one attached hydrogen (secondary N) is 1. The van der Waals surface area contributed by atoms with Crippen molar-refractivity contribution in [3.63, 3.8) is 0 Å². The number of benzene rings is 1. The smallest absolute Gasteiger partial charge is 0.237 e. The average Bonchev–Trinajstić information content (AvgIpc) is 2.43. The highest BCUT2D eigenvalue weighted by atomic mass is 16.2. The van der Waals surface area contributed by atoms with Crippen LogP contribution in [0.4, 0.5) is 0 Å². The standard InChI is InChI=1S/C14H23N3O/c1-3-10(2)13(16)14(18)17-9-12(15)11-7-5-4-6-8-11/h4-8,10,12-13H,3,9,15-16H2,1-2H3,(H,17,18). The van der Waals surface area contributed by atoms with E-state index >= 15 is 0 Å². The zero-order chi connectivity index (χ0) is 13.5. The Bertz CT molecular complexity index is 367. The molecule has 0 aliphatic rings. The molecule has 18 heavy (non-hydrogen) atoms. The van der Waals surface area contributed by atoms with Crippen LogP contribution >= 0.6 is 0 Å². The summed E-state index contributed by atoms with van der Waals surface area (Å²) in [6, 6.07) is 9.05. The molecule has 1 rings (SSSR count). The minimum atomic E-state index is -0.460. The van der Waals surface area contributed by atoms with Crippen molar-refractivity contribution >= 4 is 5.91 Å². The molecule has 0 radical (unpaired) electrons. The lowest BCUT2D eigenvalue weighted by Gasteiger charge is -2.19. The van der Waals surface area contributed by atoms with E-state index in [0.717, 1.165) is 12.0 Å². The van der Waals surface area contributed by atoms with Gasteiger partial charge >= 0.3 is 0 Å². The minimum Gasteiger partial charge on any atom is -0.353 e. The molecule has 1 amide bonds. The molecule has 1 aromatic carbocycles. The first-order valence-electron chi connectivity index (χ1n) is 6.40. The van der Waals surface area contributed by atoms with E-state index < -0.39 is 6.04 Å². The van der Waals surface area contributed by atoms with Gasteiger partial charge in [-0.1, -0.05) is 50.6 Å². The van der Waals surface area contributed by atoms with Crippen molar-refractivity contribution in [1.29, 1.82) is 0 Å². The van der Waals surface area contributed by atoms with Gasteiger partial charge in [0.05, 0.1) is 6.04 Å². The van der Waals surface area contributed by atoms with Crippen LogP contribution in [0.3, 0.4) is 0 Å². The van der Waals surface area contributed by atoms with Crippen molar-refractivity contribution in [3.05, 3.63) is 35.9 Å². The first-order valence-corrected chi connectivity index (χ1v) is 6.40. The fourth-order valence-corrected chi connectivity index (χ4v) is 1.66. The molecule has 100 valence electrons. The largest absolute Gasteiger partial charge is 0.353 e. The number of rotatable bonds is 6. The summed E-state index contributed by atoms with van der Waals surface area (Å²) in [5.74, 6) is 0.0497. The Morgan fingerprint density at radius 3 is 2.44 bits per heavy atom. The van der Waals surface area contributed by atoms with Gasteiger partial charge in [-0.05, 0) is 11.5 Å². The van der Waals surface area contributed by atoms with Crippen molar-refractivity contribution in [2.45, 2.75) is 32.4 Å². The Morgan fingerprint density at radius 2 is 1.89 bits per heavy atom. The van der Waals surface area contributed by atoms with E-state index in [1.807, 2.05) is 44.2 Å². The van der Waals surface area contributed by atoms with Crippen molar-refractivity contribution < 1.29 is 4.79 Å². The molecule has 4 nitrogen and oxygen atoms in total. The van der Waals surface area contributed by atoms with Crippen molar-refractivity contribution in [2.75, 3.05) is 6.54 Å². The van der Waals surface area contributed by atoms with Gasteiger partial charge in [0, 0.05) is 12.6 Å². The number of hydrogen-bond donors (Lipinski definition) is 3. The van der Waals surface area contributed by atoms with Crippen LogP contribution in [-0.2, 0) is 4.79 Å². The molecular weight excluding hydrogens is 226 g/mol. The van der Waals surface area contributed by atoms with Crippen LogP contribution in [0, 0.1) is 5.92 Å². The summed E-state index contributed by atoms with van der Waals surface area (Å²) in [7, 11) is 0. The molecule has 0 bridgehead atoms. The second kappa shape index (κ2) is 7.13. The summed E-state index contributed by atoms with van der Waals surface area (Å²) in [6.45, 7) is 4.40. The molecule has 3 unspecified atom stereocenters. The van der Waals surface area contributed by atoms with Gasteiger partial charge < -0.3 is 16.8 Å². The fourth-order valence-electron chi connectivity index (χ4n) is 1.66. The number of amides is 1. The maximum atomic E-state index is 11.8. The van der Waals surface area contributed by atoms with E-state index in [9.17, 15) is 4.79 Å². The highest BCUT2D eigenvalue weighted by molar-refractivity contribution is 5.81. The summed E-state index contributed by atoms with van der Waals surface area (Å²) >= 11 is 0. The Labute approximate surface area is 109 Å². The van der Waals surface area contributed by atoms with E-state index in [4.69, 9.17) is 11.5 Å². The number of carbonyl (C=O) groups is 1. The van der Waals surface area contributed by atoms with Crippen LogP contribution in [0.2, 0.25) is 0 Å². The number of hydrogen-bond acceptors (Lipinski definition) is 3. The maximum Gasteiger partial charge on any atom is 0.237 e. The van der Waals surface area contributed by atoms with E-state index in [2.05, 4.69) is 5.32 Å². The molecule has 0 saturated heterocycles. The molecule has 4 heteroatoms. The topological polar surface area (TPSA) is 81.1 Å². The highest BCUT2D eigenvalue weighted by Crippen LogP contribution is 2.09. The summed E-state index contributed by atoms with van der Waals surface area (Å²) in [6.07, 6.45) is 0.888. The zero-order valence-corrected chi connectivity index (χ0v) is 11.1. The van der Waals surface area contributed by atoms with Crippen molar-refractivity contribution in [3.8, 4) is 0 Å².